The molecule has 0 atom stereocenters. The largest absolute Gasteiger partial charge is 0.399 e. The molecule has 1 aliphatic heterocycles. The van der Waals surface area contributed by atoms with Gasteiger partial charge in [0.25, 0.3) is 0 Å². The summed E-state index contributed by atoms with van der Waals surface area (Å²) in [6.07, 6.45) is 5.84. The minimum Gasteiger partial charge on any atom is -0.399 e. The van der Waals surface area contributed by atoms with Crippen LogP contribution < -0.4 is 16.0 Å². The van der Waals surface area contributed by atoms with Crippen LogP contribution in [0.25, 0.3) is 5.57 Å². The van der Waals surface area contributed by atoms with Gasteiger partial charge in [-0.2, -0.15) is 0 Å². The molecule has 1 aliphatic carbocycles. The Kier molecular flexibility index (Phi) is 6.82. The van der Waals surface area contributed by atoms with E-state index in [1.807, 2.05) is 24.3 Å². The highest BCUT2D eigenvalue weighted by atomic mass is 16.5. The van der Waals surface area contributed by atoms with Gasteiger partial charge in [0.2, 0.25) is 0 Å². The maximum absolute atomic E-state index is 6.05. The van der Waals surface area contributed by atoms with Gasteiger partial charge in [-0.05, 0) is 61.2 Å². The number of nitrogens with two attached hydrogens (primary N) is 1. The minimum absolute atomic E-state index is 0.438. The summed E-state index contributed by atoms with van der Waals surface area (Å²) in [6, 6.07) is 16.3. The third-order valence-corrected chi connectivity index (χ3v) is 5.59. The third-order valence-electron chi connectivity index (χ3n) is 5.59. The summed E-state index contributed by atoms with van der Waals surface area (Å²) in [5.74, 6) is 0. The van der Waals surface area contributed by atoms with Crippen LogP contribution in [-0.4, -0.2) is 45.4 Å². The number of rotatable bonds is 6. The van der Waals surface area contributed by atoms with Gasteiger partial charge in [0.15, 0.2) is 0 Å². The average molecular weight is 428 g/mol. The molecule has 0 spiro atoms. The Hall–Kier alpha value is -3.64. The molecule has 0 aromatic heterocycles. The van der Waals surface area contributed by atoms with E-state index in [4.69, 9.17) is 15.5 Å². The van der Waals surface area contributed by atoms with Crippen molar-refractivity contribution < 1.29 is 4.74 Å². The van der Waals surface area contributed by atoms with Crippen LogP contribution >= 0.6 is 0 Å². The molecule has 0 radical (unpaired) electrons. The van der Waals surface area contributed by atoms with Crippen molar-refractivity contribution in [1.82, 2.24) is 0 Å². The van der Waals surface area contributed by atoms with Gasteiger partial charge in [0.1, 0.15) is 6.67 Å². The van der Waals surface area contributed by atoms with E-state index in [2.05, 4.69) is 65.3 Å². The van der Waals surface area contributed by atoms with Crippen molar-refractivity contribution in [1.29, 1.82) is 0 Å². The number of nitrogen functional groups attached to an aromatic ring is 1. The second-order valence-electron chi connectivity index (χ2n) is 7.77. The Morgan fingerprint density at radius 1 is 1.12 bits per heavy atom. The van der Waals surface area contributed by atoms with Crippen LogP contribution in [0.1, 0.15) is 12.5 Å². The number of nitrogens with zero attached hydrogens (tertiary/aromatic N) is 3. The van der Waals surface area contributed by atoms with Gasteiger partial charge in [-0.15, -0.1) is 0 Å². The van der Waals surface area contributed by atoms with Gasteiger partial charge in [0, 0.05) is 47.5 Å². The fourth-order valence-corrected chi connectivity index (χ4v) is 3.96. The first-order chi connectivity index (χ1) is 15.7. The number of hydrogen-bond acceptors (Lipinski definition) is 6. The maximum atomic E-state index is 6.05. The third kappa shape index (κ3) is 4.98. The summed E-state index contributed by atoms with van der Waals surface area (Å²) in [4.78, 5) is 11.2. The molecule has 3 N–H and O–H groups in total. The highest BCUT2D eigenvalue weighted by Gasteiger charge is 2.19. The van der Waals surface area contributed by atoms with E-state index in [1.165, 1.54) is 5.69 Å². The Morgan fingerprint density at radius 2 is 1.91 bits per heavy atom. The lowest BCUT2D eigenvalue weighted by Gasteiger charge is -2.28. The normalized spacial score (nSPS) is 19.0. The standard InChI is InChI=1S/C26H29N5O/c1-19-6-7-21(17-28-2)26(25(19)20-4-3-5-22(27)16-20)30-18-29-23-8-10-24(11-9-23)31-12-14-32-15-13-31/h3-11,16-17,29H,2,12-15,18,27H2,1H3/b21-17-,30-26+. The smallest absolute Gasteiger partial charge is 0.108 e. The van der Waals surface area contributed by atoms with E-state index in [9.17, 15) is 0 Å². The molecule has 2 aromatic carbocycles. The monoisotopic (exact) mass is 427 g/mol. The number of aliphatic imine (C=N–C) groups is 2. The Morgan fingerprint density at radius 3 is 2.62 bits per heavy atom. The van der Waals surface area contributed by atoms with Gasteiger partial charge in [-0.1, -0.05) is 24.3 Å². The SMILES string of the molecule is C=N/C=C1/C=CC(C)=C(c2cccc(N)c2)/C1=N/CNc1ccc(N2CCOCC2)cc1. The molecule has 1 heterocycles. The zero-order chi connectivity index (χ0) is 22.3. The highest BCUT2D eigenvalue weighted by molar-refractivity contribution is 6.34. The molecule has 32 heavy (non-hydrogen) atoms. The first kappa shape index (κ1) is 21.6. The van der Waals surface area contributed by atoms with Crippen molar-refractivity contribution in [2.75, 3.05) is 48.9 Å². The van der Waals surface area contributed by atoms with Gasteiger partial charge in [-0.25, -0.2) is 0 Å². The second kappa shape index (κ2) is 10.1. The van der Waals surface area contributed by atoms with Crippen molar-refractivity contribution in [2.45, 2.75) is 6.92 Å². The molecule has 0 unspecified atom stereocenters. The number of benzene rings is 2. The summed E-state index contributed by atoms with van der Waals surface area (Å²) < 4.78 is 5.44. The van der Waals surface area contributed by atoms with E-state index >= 15 is 0 Å². The number of ether oxygens (including phenoxy) is 1. The number of anilines is 3. The molecule has 164 valence electrons. The van der Waals surface area contributed by atoms with Gasteiger partial charge in [-0.3, -0.25) is 9.98 Å². The van der Waals surface area contributed by atoms with Crippen LogP contribution in [0.5, 0.6) is 0 Å². The van der Waals surface area contributed by atoms with Crippen LogP contribution in [0.15, 0.2) is 88.0 Å². The molecule has 2 aromatic rings. The van der Waals surface area contributed by atoms with Crippen molar-refractivity contribution in [2.24, 2.45) is 9.98 Å². The predicted molar refractivity (Wildman–Crippen MR) is 136 cm³/mol. The molecule has 0 amide bonds. The maximum Gasteiger partial charge on any atom is 0.108 e. The van der Waals surface area contributed by atoms with Crippen LogP contribution in [-0.2, 0) is 4.74 Å². The zero-order valence-electron chi connectivity index (χ0n) is 18.4. The lowest BCUT2D eigenvalue weighted by Crippen LogP contribution is -2.36. The van der Waals surface area contributed by atoms with Crippen molar-refractivity contribution in [3.8, 4) is 0 Å². The molecule has 4 rings (SSSR count). The fraction of sp³-hybridized carbons (Fsp3) is 0.231. The lowest BCUT2D eigenvalue weighted by atomic mass is 9.87. The number of morpholine rings is 1. The number of nitrogens with one attached hydrogen (secondary N) is 1. The number of allylic oxidation sites excluding steroid dienone is 5. The molecule has 2 aliphatic rings. The van der Waals surface area contributed by atoms with Gasteiger partial charge >= 0.3 is 0 Å². The van der Waals surface area contributed by atoms with E-state index in [0.717, 1.165) is 65.7 Å². The van der Waals surface area contributed by atoms with E-state index in [1.54, 1.807) is 6.20 Å². The van der Waals surface area contributed by atoms with Crippen molar-refractivity contribution in [3.63, 3.8) is 0 Å². The van der Waals surface area contributed by atoms with Crippen molar-refractivity contribution >= 4 is 35.1 Å². The first-order valence-corrected chi connectivity index (χ1v) is 10.8. The quantitative estimate of drug-likeness (QED) is 0.524. The van der Waals surface area contributed by atoms with Gasteiger partial charge < -0.3 is 20.7 Å². The zero-order valence-corrected chi connectivity index (χ0v) is 18.4. The van der Waals surface area contributed by atoms with Gasteiger partial charge in [0.05, 0.1) is 18.9 Å². The molecule has 6 heteroatoms. The fourth-order valence-electron chi connectivity index (χ4n) is 3.96. The summed E-state index contributed by atoms with van der Waals surface area (Å²) in [6.45, 7) is 9.56. The van der Waals surface area contributed by atoms with Crippen molar-refractivity contribution in [3.05, 3.63) is 83.6 Å². The molecular weight excluding hydrogens is 398 g/mol. The Balaban J connectivity index is 1.54. The Labute approximate surface area is 189 Å². The van der Waals surface area contributed by atoms with Crippen LogP contribution in [0.3, 0.4) is 0 Å². The minimum atomic E-state index is 0.438. The molecular formula is C26H29N5O. The molecule has 6 nitrogen and oxygen atoms in total. The summed E-state index contributed by atoms with van der Waals surface area (Å²) in [7, 11) is 0. The lowest BCUT2D eigenvalue weighted by molar-refractivity contribution is 0.122. The average Bonchev–Trinajstić information content (AvgIpc) is 2.82. The molecule has 1 saturated heterocycles. The summed E-state index contributed by atoms with van der Waals surface area (Å²) in [5.41, 5.74) is 14.0. The van der Waals surface area contributed by atoms with E-state index in [-0.39, 0.29) is 0 Å². The summed E-state index contributed by atoms with van der Waals surface area (Å²) in [5, 5.41) is 3.41. The van der Waals surface area contributed by atoms with Crippen LogP contribution in [0.2, 0.25) is 0 Å². The predicted octanol–water partition coefficient (Wildman–Crippen LogP) is 4.54. The van der Waals surface area contributed by atoms with Crippen LogP contribution in [0, 0.1) is 0 Å². The topological polar surface area (TPSA) is 75.2 Å². The Bertz CT molecular complexity index is 1090. The number of hydrogen-bond donors (Lipinski definition) is 2. The van der Waals surface area contributed by atoms with E-state index in [0.29, 0.717) is 6.67 Å². The summed E-state index contributed by atoms with van der Waals surface area (Å²) >= 11 is 0. The molecule has 0 saturated carbocycles. The molecule has 1 fully saturated rings. The second-order valence-corrected chi connectivity index (χ2v) is 7.77. The molecule has 0 bridgehead atoms. The van der Waals surface area contributed by atoms with E-state index < -0.39 is 0 Å². The van der Waals surface area contributed by atoms with Crippen LogP contribution in [0.4, 0.5) is 17.1 Å². The first-order valence-electron chi connectivity index (χ1n) is 10.8. The highest BCUT2D eigenvalue weighted by Crippen LogP contribution is 2.30.